The fraction of sp³-hybridized carbons (Fsp3) is 0.529. The molecule has 1 aromatic carbocycles. The summed E-state index contributed by atoms with van der Waals surface area (Å²) >= 11 is 0. The molecule has 0 aliphatic carbocycles. The van der Waals surface area contributed by atoms with Crippen LogP contribution in [-0.4, -0.2) is 36.3 Å². The van der Waals surface area contributed by atoms with Gasteiger partial charge in [0.1, 0.15) is 0 Å². The van der Waals surface area contributed by atoms with E-state index in [1.54, 1.807) is 0 Å². The van der Waals surface area contributed by atoms with Crippen LogP contribution in [0.4, 0.5) is 0 Å². The van der Waals surface area contributed by atoms with Crippen LogP contribution in [0.15, 0.2) is 30.3 Å². The Hall–Kier alpha value is -1.84. The van der Waals surface area contributed by atoms with Gasteiger partial charge in [-0.15, -0.1) is 0 Å². The second kappa shape index (κ2) is 7.25. The highest BCUT2D eigenvalue weighted by Gasteiger charge is 2.29. The normalized spacial score (nSPS) is 18.3. The number of hydrogen-bond donors (Lipinski definition) is 1. The average Bonchev–Trinajstić information content (AvgIpc) is 2.84. The maximum absolute atomic E-state index is 12.0. The average molecular weight is 288 g/mol. The summed E-state index contributed by atoms with van der Waals surface area (Å²) in [6, 6.07) is 10.2. The third-order valence-corrected chi connectivity index (χ3v) is 3.90. The minimum absolute atomic E-state index is 0.00344. The summed E-state index contributed by atoms with van der Waals surface area (Å²) in [4.78, 5) is 25.5. The molecule has 1 aliphatic rings. The number of nitrogens with one attached hydrogen (secondary N) is 1. The minimum atomic E-state index is -0.00344. The van der Waals surface area contributed by atoms with Gasteiger partial charge in [-0.05, 0) is 12.0 Å². The quantitative estimate of drug-likeness (QED) is 0.868. The van der Waals surface area contributed by atoms with E-state index >= 15 is 0 Å². The lowest BCUT2D eigenvalue weighted by Crippen LogP contribution is -2.34. The predicted molar refractivity (Wildman–Crippen MR) is 82.7 cm³/mol. The van der Waals surface area contributed by atoms with Crippen LogP contribution in [0.1, 0.15) is 25.8 Å². The van der Waals surface area contributed by atoms with Crippen molar-refractivity contribution in [2.24, 2.45) is 11.8 Å². The van der Waals surface area contributed by atoms with E-state index in [2.05, 4.69) is 17.4 Å². The van der Waals surface area contributed by atoms with Gasteiger partial charge in [0.15, 0.2) is 0 Å². The molecule has 0 aromatic heterocycles. The molecule has 21 heavy (non-hydrogen) atoms. The van der Waals surface area contributed by atoms with E-state index in [4.69, 9.17) is 0 Å². The van der Waals surface area contributed by atoms with Gasteiger partial charge >= 0.3 is 0 Å². The summed E-state index contributed by atoms with van der Waals surface area (Å²) in [6.07, 6.45) is 1.44. The van der Waals surface area contributed by atoms with E-state index in [0.29, 0.717) is 13.0 Å². The number of carbonyl (C=O) groups excluding carboxylic acids is 2. The van der Waals surface area contributed by atoms with Crippen molar-refractivity contribution >= 4 is 11.8 Å². The molecule has 4 nitrogen and oxygen atoms in total. The van der Waals surface area contributed by atoms with Crippen molar-refractivity contribution in [1.29, 1.82) is 0 Å². The van der Waals surface area contributed by atoms with Gasteiger partial charge in [0.2, 0.25) is 11.8 Å². The van der Waals surface area contributed by atoms with Crippen LogP contribution in [0, 0.1) is 11.8 Å². The van der Waals surface area contributed by atoms with E-state index in [0.717, 1.165) is 19.5 Å². The Morgan fingerprint density at radius 3 is 2.71 bits per heavy atom. The highest BCUT2D eigenvalue weighted by Crippen LogP contribution is 2.17. The first kappa shape index (κ1) is 15.5. The topological polar surface area (TPSA) is 49.4 Å². The zero-order chi connectivity index (χ0) is 15.2. The molecule has 1 N–H and O–H groups in total. The lowest BCUT2D eigenvalue weighted by molar-refractivity contribution is -0.128. The number of nitrogens with zero attached hydrogens (tertiary/aromatic N) is 1. The highest BCUT2D eigenvalue weighted by atomic mass is 16.2. The number of rotatable bonds is 6. The number of benzene rings is 1. The molecule has 0 saturated carbocycles. The van der Waals surface area contributed by atoms with Gasteiger partial charge in [-0.3, -0.25) is 9.59 Å². The van der Waals surface area contributed by atoms with Crippen molar-refractivity contribution in [3.63, 3.8) is 0 Å². The lowest BCUT2D eigenvalue weighted by Gasteiger charge is -2.17. The highest BCUT2D eigenvalue weighted by molar-refractivity contribution is 5.80. The van der Waals surface area contributed by atoms with E-state index in [9.17, 15) is 9.59 Å². The molecular formula is C17H24N2O2. The first-order valence-corrected chi connectivity index (χ1v) is 7.65. The Kier molecular flexibility index (Phi) is 5.37. The Bertz CT molecular complexity index is 485. The van der Waals surface area contributed by atoms with E-state index in [1.165, 1.54) is 5.56 Å². The van der Waals surface area contributed by atoms with Crippen LogP contribution in [0.5, 0.6) is 0 Å². The van der Waals surface area contributed by atoms with Crippen LogP contribution >= 0.6 is 0 Å². The summed E-state index contributed by atoms with van der Waals surface area (Å²) < 4.78 is 0. The van der Waals surface area contributed by atoms with Crippen LogP contribution in [0.2, 0.25) is 0 Å². The number of hydrogen-bond acceptors (Lipinski definition) is 2. The van der Waals surface area contributed by atoms with E-state index in [-0.39, 0.29) is 23.7 Å². The molecular weight excluding hydrogens is 264 g/mol. The van der Waals surface area contributed by atoms with Crippen LogP contribution in [-0.2, 0) is 16.0 Å². The Labute approximate surface area is 126 Å². The fourth-order valence-electron chi connectivity index (χ4n) is 2.56. The van der Waals surface area contributed by atoms with Crippen molar-refractivity contribution in [2.45, 2.75) is 26.7 Å². The maximum Gasteiger partial charge on any atom is 0.223 e. The van der Waals surface area contributed by atoms with Gasteiger partial charge in [0.25, 0.3) is 0 Å². The van der Waals surface area contributed by atoms with Crippen LogP contribution in [0.3, 0.4) is 0 Å². The molecule has 0 spiro atoms. The van der Waals surface area contributed by atoms with Crippen LogP contribution in [0.25, 0.3) is 0 Å². The lowest BCUT2D eigenvalue weighted by atomic mass is 10.1. The first-order chi connectivity index (χ1) is 10.1. The molecule has 1 aromatic rings. The third kappa shape index (κ3) is 4.59. The molecule has 1 unspecified atom stereocenters. The Morgan fingerprint density at radius 1 is 1.33 bits per heavy atom. The van der Waals surface area contributed by atoms with Crippen LogP contribution < -0.4 is 5.32 Å². The Morgan fingerprint density at radius 2 is 2.05 bits per heavy atom. The van der Waals surface area contributed by atoms with Gasteiger partial charge < -0.3 is 10.2 Å². The van der Waals surface area contributed by atoms with Gasteiger partial charge in [0.05, 0.1) is 0 Å². The molecule has 1 aliphatic heterocycles. The van der Waals surface area contributed by atoms with Crippen molar-refractivity contribution in [2.75, 3.05) is 19.6 Å². The zero-order valence-corrected chi connectivity index (χ0v) is 12.8. The van der Waals surface area contributed by atoms with Gasteiger partial charge in [0, 0.05) is 37.9 Å². The third-order valence-electron chi connectivity index (χ3n) is 3.90. The standard InChI is InChI=1S/C17H24N2O2/c1-13(2)17(21)18-11-15-10-16(20)19(12-15)9-8-14-6-4-3-5-7-14/h3-7,13,15H,8-12H2,1-2H3,(H,18,21). The zero-order valence-electron chi connectivity index (χ0n) is 12.8. The molecule has 1 heterocycles. The van der Waals surface area contributed by atoms with Gasteiger partial charge in [-0.25, -0.2) is 0 Å². The summed E-state index contributed by atoms with van der Waals surface area (Å²) in [5.74, 6) is 0.507. The number of carbonyl (C=O) groups is 2. The molecule has 114 valence electrons. The number of amides is 2. The van der Waals surface area contributed by atoms with Crippen molar-refractivity contribution < 1.29 is 9.59 Å². The van der Waals surface area contributed by atoms with E-state index in [1.807, 2.05) is 36.9 Å². The number of likely N-dealkylation sites (tertiary alicyclic amines) is 1. The summed E-state index contributed by atoms with van der Waals surface area (Å²) in [6.45, 7) is 5.87. The van der Waals surface area contributed by atoms with Crippen molar-refractivity contribution in [1.82, 2.24) is 10.2 Å². The molecule has 1 saturated heterocycles. The van der Waals surface area contributed by atoms with E-state index < -0.39 is 0 Å². The molecule has 1 fully saturated rings. The SMILES string of the molecule is CC(C)C(=O)NCC1CC(=O)N(CCc2ccccc2)C1. The molecule has 1 atom stereocenters. The van der Waals surface area contributed by atoms with Crippen molar-refractivity contribution in [3.8, 4) is 0 Å². The summed E-state index contributed by atoms with van der Waals surface area (Å²) in [7, 11) is 0. The molecule has 2 amide bonds. The summed E-state index contributed by atoms with van der Waals surface area (Å²) in [5, 5.41) is 2.92. The summed E-state index contributed by atoms with van der Waals surface area (Å²) in [5.41, 5.74) is 1.25. The Balaban J connectivity index is 1.76. The minimum Gasteiger partial charge on any atom is -0.356 e. The second-order valence-electron chi connectivity index (χ2n) is 6.05. The largest absolute Gasteiger partial charge is 0.356 e. The van der Waals surface area contributed by atoms with Gasteiger partial charge in [-0.1, -0.05) is 44.2 Å². The second-order valence-corrected chi connectivity index (χ2v) is 6.05. The maximum atomic E-state index is 12.0. The smallest absolute Gasteiger partial charge is 0.223 e. The monoisotopic (exact) mass is 288 g/mol. The predicted octanol–water partition coefficient (Wildman–Crippen LogP) is 1.85. The molecule has 4 heteroatoms. The molecule has 0 radical (unpaired) electrons. The van der Waals surface area contributed by atoms with Gasteiger partial charge in [-0.2, -0.15) is 0 Å². The molecule has 2 rings (SSSR count). The first-order valence-electron chi connectivity index (χ1n) is 7.65. The van der Waals surface area contributed by atoms with Crippen molar-refractivity contribution in [3.05, 3.63) is 35.9 Å². The molecule has 0 bridgehead atoms. The fourth-order valence-corrected chi connectivity index (χ4v) is 2.56.